The monoisotopic (exact) mass is 302 g/mol. The summed E-state index contributed by atoms with van der Waals surface area (Å²) in [7, 11) is 2.90. The molecule has 0 aliphatic carbocycles. The van der Waals surface area contributed by atoms with E-state index in [1.54, 1.807) is 4.90 Å². The maximum atomic E-state index is 11.9. The first-order valence-corrected chi connectivity index (χ1v) is 7.07. The number of piperidine rings is 1. The fourth-order valence-corrected chi connectivity index (χ4v) is 2.10. The number of likely N-dealkylation sites (tertiary alicyclic amines) is 1. The van der Waals surface area contributed by atoms with Crippen LogP contribution in [-0.2, 0) is 14.4 Å². The summed E-state index contributed by atoms with van der Waals surface area (Å²) in [5.41, 5.74) is -1.63. The molecule has 1 fully saturated rings. The van der Waals surface area contributed by atoms with Gasteiger partial charge in [0.2, 0.25) is 5.91 Å². The Labute approximate surface area is 125 Å². The number of ether oxygens (including phenoxy) is 1. The lowest BCUT2D eigenvalue weighted by Gasteiger charge is -2.38. The molecule has 1 rings (SSSR count). The van der Waals surface area contributed by atoms with Gasteiger partial charge in [-0.25, -0.2) is 9.86 Å². The minimum atomic E-state index is -1.09. The molecule has 1 saturated heterocycles. The molecule has 0 atom stereocenters. The molecule has 0 aromatic rings. The van der Waals surface area contributed by atoms with Gasteiger partial charge in [-0.1, -0.05) is 0 Å². The first kappa shape index (κ1) is 17.7. The summed E-state index contributed by atoms with van der Waals surface area (Å²) >= 11 is 0. The molecule has 2 amide bonds. The van der Waals surface area contributed by atoms with Crippen LogP contribution in [0.2, 0.25) is 0 Å². The van der Waals surface area contributed by atoms with E-state index in [1.165, 1.54) is 14.2 Å². The smallest absolute Gasteiger partial charge is 0.410 e. The van der Waals surface area contributed by atoms with Gasteiger partial charge in [0, 0.05) is 20.1 Å². The van der Waals surface area contributed by atoms with Crippen molar-refractivity contribution in [3.8, 4) is 0 Å². The van der Waals surface area contributed by atoms with Gasteiger partial charge in [-0.15, -0.1) is 0 Å². The van der Waals surface area contributed by atoms with Crippen molar-refractivity contribution in [1.82, 2.24) is 9.96 Å². The van der Waals surface area contributed by atoms with Crippen LogP contribution in [0.25, 0.3) is 0 Å². The van der Waals surface area contributed by atoms with Crippen molar-refractivity contribution in [3.05, 3.63) is 0 Å². The van der Waals surface area contributed by atoms with Gasteiger partial charge in [-0.2, -0.15) is 0 Å². The number of hydrogen-bond acceptors (Lipinski definition) is 5. The molecule has 0 bridgehead atoms. The molecule has 0 unspecified atom stereocenters. The van der Waals surface area contributed by atoms with Crippen molar-refractivity contribution in [2.45, 2.75) is 51.2 Å². The van der Waals surface area contributed by atoms with E-state index < -0.39 is 11.2 Å². The van der Waals surface area contributed by atoms with Gasteiger partial charge in [0.05, 0.1) is 19.1 Å². The number of carbonyl (C=O) groups is 2. The molecular formula is C14H26N2O5. The summed E-state index contributed by atoms with van der Waals surface area (Å²) in [6.45, 7) is 6.17. The first-order valence-electron chi connectivity index (χ1n) is 7.07. The highest BCUT2D eigenvalue weighted by atomic mass is 16.7. The fourth-order valence-electron chi connectivity index (χ4n) is 2.10. The fraction of sp³-hybridized carbons (Fsp3) is 0.857. The summed E-state index contributed by atoms with van der Waals surface area (Å²) in [6, 6.07) is 0. The molecule has 1 aliphatic rings. The highest BCUT2D eigenvalue weighted by molar-refractivity contribution is 5.76. The maximum absolute atomic E-state index is 11.9. The van der Waals surface area contributed by atoms with Gasteiger partial charge in [-0.3, -0.25) is 9.63 Å². The van der Waals surface area contributed by atoms with Gasteiger partial charge in [0.1, 0.15) is 5.60 Å². The van der Waals surface area contributed by atoms with E-state index >= 15 is 0 Å². The van der Waals surface area contributed by atoms with Crippen molar-refractivity contribution in [1.29, 1.82) is 0 Å². The van der Waals surface area contributed by atoms with E-state index in [0.717, 1.165) is 5.06 Å². The molecule has 7 heteroatoms. The highest BCUT2D eigenvalue weighted by Gasteiger charge is 2.37. The first-order chi connectivity index (χ1) is 9.56. The minimum absolute atomic E-state index is 0.0144. The number of nitrogens with zero attached hydrogens (tertiary/aromatic N) is 2. The third-order valence-electron chi connectivity index (χ3n) is 3.45. The van der Waals surface area contributed by atoms with Gasteiger partial charge < -0.3 is 14.7 Å². The zero-order valence-corrected chi connectivity index (χ0v) is 13.5. The quantitative estimate of drug-likeness (QED) is 0.791. The zero-order valence-electron chi connectivity index (χ0n) is 13.5. The number of hydrogen-bond donors (Lipinski definition) is 1. The maximum Gasteiger partial charge on any atom is 0.410 e. The van der Waals surface area contributed by atoms with Crippen molar-refractivity contribution in [3.63, 3.8) is 0 Å². The van der Waals surface area contributed by atoms with E-state index in [-0.39, 0.29) is 18.4 Å². The lowest BCUT2D eigenvalue weighted by molar-refractivity contribution is -0.174. The van der Waals surface area contributed by atoms with Crippen molar-refractivity contribution in [2.75, 3.05) is 27.2 Å². The minimum Gasteiger partial charge on any atom is -0.444 e. The van der Waals surface area contributed by atoms with Crippen LogP contribution in [0.15, 0.2) is 0 Å². The van der Waals surface area contributed by atoms with Gasteiger partial charge in [-0.05, 0) is 33.6 Å². The predicted molar refractivity (Wildman–Crippen MR) is 76.4 cm³/mol. The third kappa shape index (κ3) is 5.51. The molecule has 1 N–H and O–H groups in total. The second-order valence-corrected chi connectivity index (χ2v) is 6.44. The third-order valence-corrected chi connectivity index (χ3v) is 3.45. The topological polar surface area (TPSA) is 79.3 Å². The van der Waals surface area contributed by atoms with E-state index in [4.69, 9.17) is 9.57 Å². The van der Waals surface area contributed by atoms with Crippen LogP contribution in [0, 0.1) is 0 Å². The van der Waals surface area contributed by atoms with Crippen molar-refractivity contribution < 1.29 is 24.3 Å². The molecule has 1 heterocycles. The standard InChI is InChI=1S/C14H26N2O5/c1-13(2,3)21-12(18)16-8-6-14(19,7-9-16)10-11(17)15(4)20-5/h19H,6-10H2,1-5H3. The Morgan fingerprint density at radius 2 is 1.81 bits per heavy atom. The Bertz CT molecular complexity index is 383. The predicted octanol–water partition coefficient (Wildman–Crippen LogP) is 1.16. The number of hydroxylamine groups is 2. The van der Waals surface area contributed by atoms with Crippen LogP contribution < -0.4 is 0 Å². The van der Waals surface area contributed by atoms with Crippen LogP contribution in [0.4, 0.5) is 4.79 Å². The number of rotatable bonds is 3. The molecule has 7 nitrogen and oxygen atoms in total. The lowest BCUT2D eigenvalue weighted by atomic mass is 9.88. The summed E-state index contributed by atoms with van der Waals surface area (Å²) < 4.78 is 5.29. The van der Waals surface area contributed by atoms with E-state index in [9.17, 15) is 14.7 Å². The molecule has 0 spiro atoms. The average molecular weight is 302 g/mol. The Kier molecular flexibility index (Phi) is 5.58. The van der Waals surface area contributed by atoms with Gasteiger partial charge in [0.15, 0.2) is 0 Å². The van der Waals surface area contributed by atoms with Crippen LogP contribution in [0.1, 0.15) is 40.0 Å². The van der Waals surface area contributed by atoms with E-state index in [1.807, 2.05) is 20.8 Å². The molecule has 0 saturated carbocycles. The molecule has 122 valence electrons. The number of carbonyl (C=O) groups excluding carboxylic acids is 2. The van der Waals surface area contributed by atoms with Crippen molar-refractivity contribution in [2.24, 2.45) is 0 Å². The van der Waals surface area contributed by atoms with Crippen molar-refractivity contribution >= 4 is 12.0 Å². The lowest BCUT2D eigenvalue weighted by Crippen LogP contribution is -2.49. The van der Waals surface area contributed by atoms with E-state index in [2.05, 4.69) is 0 Å². The largest absolute Gasteiger partial charge is 0.444 e. The SMILES string of the molecule is CON(C)C(=O)CC1(O)CCN(C(=O)OC(C)(C)C)CC1. The normalized spacial score (nSPS) is 18.3. The number of amides is 2. The van der Waals surface area contributed by atoms with Gasteiger partial charge >= 0.3 is 6.09 Å². The second kappa shape index (κ2) is 6.62. The average Bonchev–Trinajstić information content (AvgIpc) is 2.35. The highest BCUT2D eigenvalue weighted by Crippen LogP contribution is 2.27. The summed E-state index contributed by atoms with van der Waals surface area (Å²) in [5.74, 6) is -0.286. The summed E-state index contributed by atoms with van der Waals surface area (Å²) in [4.78, 5) is 30.1. The molecule has 21 heavy (non-hydrogen) atoms. The molecular weight excluding hydrogens is 276 g/mol. The molecule has 0 radical (unpaired) electrons. The van der Waals surface area contributed by atoms with Crippen LogP contribution in [0.5, 0.6) is 0 Å². The molecule has 1 aliphatic heterocycles. The Morgan fingerprint density at radius 3 is 2.24 bits per heavy atom. The van der Waals surface area contributed by atoms with Crippen LogP contribution >= 0.6 is 0 Å². The number of aliphatic hydroxyl groups is 1. The Morgan fingerprint density at radius 1 is 1.29 bits per heavy atom. The van der Waals surface area contributed by atoms with Crippen LogP contribution in [-0.4, -0.2) is 65.5 Å². The van der Waals surface area contributed by atoms with Gasteiger partial charge in [0.25, 0.3) is 0 Å². The second-order valence-electron chi connectivity index (χ2n) is 6.44. The van der Waals surface area contributed by atoms with E-state index in [0.29, 0.717) is 25.9 Å². The summed E-state index contributed by atoms with van der Waals surface area (Å²) in [5, 5.41) is 11.5. The Balaban J connectivity index is 2.51. The zero-order chi connectivity index (χ0) is 16.3. The molecule has 0 aromatic carbocycles. The van der Waals surface area contributed by atoms with Crippen LogP contribution in [0.3, 0.4) is 0 Å². The Hall–Kier alpha value is -1.34. The molecule has 0 aromatic heterocycles. The summed E-state index contributed by atoms with van der Waals surface area (Å²) in [6.07, 6.45) is 0.287.